The summed E-state index contributed by atoms with van der Waals surface area (Å²) < 4.78 is 11.1. The lowest BCUT2D eigenvalue weighted by atomic mass is 10.5. The molecule has 0 aromatic rings. The molecule has 5 heteroatoms. The molecule has 0 rings (SSSR count). The monoisotopic (exact) mass is 132 g/mol. The minimum Gasteiger partial charge on any atom is -0.358 e. The van der Waals surface area contributed by atoms with Gasteiger partial charge in [-0.15, -0.1) is 0 Å². The van der Waals surface area contributed by atoms with Crippen molar-refractivity contribution < 1.29 is 9.31 Å². The second-order valence-electron chi connectivity index (χ2n) is 1.17. The highest BCUT2D eigenvalue weighted by molar-refractivity contribution is 5.01. The summed E-state index contributed by atoms with van der Waals surface area (Å²) in [5, 5.41) is 9.66. The zero-order valence-electron chi connectivity index (χ0n) is 4.45. The molecule has 2 N–H and O–H groups in total. The molecule has 0 heterocycles. The summed E-state index contributed by atoms with van der Waals surface area (Å²) in [5.41, 5.74) is 4.75. The van der Waals surface area contributed by atoms with Gasteiger partial charge in [0.1, 0.15) is 0 Å². The van der Waals surface area contributed by atoms with E-state index >= 15 is 0 Å². The first-order valence-corrected chi connectivity index (χ1v) is 2.05. The van der Waals surface area contributed by atoms with Gasteiger partial charge in [0, 0.05) is 6.08 Å². The molecule has 0 spiro atoms. The fourth-order valence-corrected chi connectivity index (χ4v) is 0.196. The second-order valence-corrected chi connectivity index (χ2v) is 1.17. The lowest BCUT2D eigenvalue weighted by molar-refractivity contribution is -0.426. The molecule has 0 amide bonds. The average Bonchev–Trinajstić information content (AvgIpc) is 1.82. The van der Waals surface area contributed by atoms with Crippen molar-refractivity contribution in [1.82, 2.24) is 0 Å². The number of rotatable bonds is 2. The minimum absolute atomic E-state index is 0.163. The van der Waals surface area contributed by atoms with Gasteiger partial charge >= 0.3 is 5.82 Å². The summed E-state index contributed by atoms with van der Waals surface area (Å²) >= 11 is 0. The van der Waals surface area contributed by atoms with Crippen LogP contribution < -0.4 is 5.73 Å². The molecular weight excluding hydrogens is 127 g/mol. The maximum atomic E-state index is 11.1. The van der Waals surface area contributed by atoms with E-state index in [9.17, 15) is 14.5 Å². The summed E-state index contributed by atoms with van der Waals surface area (Å²) in [6.07, 6.45) is 1.87. The molecule has 0 aromatic heterocycles. The standard InChI is InChI=1S/C4H5FN2O2/c5-3-1-2-4(6)7(8)9/h1-3H,6H2/b3-1+,4-2-. The van der Waals surface area contributed by atoms with Gasteiger partial charge in [0.25, 0.3) is 0 Å². The topological polar surface area (TPSA) is 69.2 Å². The first-order chi connectivity index (χ1) is 4.18. The van der Waals surface area contributed by atoms with Crippen molar-refractivity contribution in [2.75, 3.05) is 0 Å². The molecule has 50 valence electrons. The van der Waals surface area contributed by atoms with E-state index in [2.05, 4.69) is 0 Å². The Kier molecular flexibility index (Phi) is 3.04. The molecule has 0 aliphatic carbocycles. The largest absolute Gasteiger partial charge is 0.358 e. The van der Waals surface area contributed by atoms with Crippen molar-refractivity contribution in [3.63, 3.8) is 0 Å². The van der Waals surface area contributed by atoms with E-state index in [1.165, 1.54) is 0 Å². The molecule has 0 saturated heterocycles. The Morgan fingerprint density at radius 3 is 2.67 bits per heavy atom. The van der Waals surface area contributed by atoms with Gasteiger partial charge in [-0.3, -0.25) is 5.73 Å². The van der Waals surface area contributed by atoms with Gasteiger partial charge < -0.3 is 10.1 Å². The van der Waals surface area contributed by atoms with E-state index in [1.807, 2.05) is 0 Å². The molecular formula is C4H5FN2O2. The van der Waals surface area contributed by atoms with E-state index in [0.29, 0.717) is 0 Å². The van der Waals surface area contributed by atoms with Gasteiger partial charge in [-0.05, 0) is 11.0 Å². The normalized spacial score (nSPS) is 12.3. The van der Waals surface area contributed by atoms with Crippen LogP contribution in [-0.4, -0.2) is 4.92 Å². The van der Waals surface area contributed by atoms with Crippen LogP contribution in [0.2, 0.25) is 0 Å². The van der Waals surface area contributed by atoms with Gasteiger partial charge in [-0.2, -0.15) is 0 Å². The second kappa shape index (κ2) is 3.59. The SMILES string of the molecule is N/C(=C/C=C/F)[N+](=O)[O-]. The minimum atomic E-state index is -0.806. The predicted octanol–water partition coefficient (Wildman–Crippen LogP) is 0.546. The highest BCUT2D eigenvalue weighted by atomic mass is 19.1. The van der Waals surface area contributed by atoms with Crippen molar-refractivity contribution in [2.45, 2.75) is 0 Å². The van der Waals surface area contributed by atoms with Crippen LogP contribution >= 0.6 is 0 Å². The Morgan fingerprint density at radius 2 is 2.33 bits per heavy atom. The third kappa shape index (κ3) is 3.22. The molecule has 0 bridgehead atoms. The van der Waals surface area contributed by atoms with E-state index in [1.54, 1.807) is 0 Å². The molecule has 0 fully saturated rings. The zero-order chi connectivity index (χ0) is 7.28. The molecule has 9 heavy (non-hydrogen) atoms. The van der Waals surface area contributed by atoms with Crippen molar-refractivity contribution in [3.05, 3.63) is 34.4 Å². The third-order valence-electron chi connectivity index (χ3n) is 0.551. The van der Waals surface area contributed by atoms with Crippen LogP contribution in [0.1, 0.15) is 0 Å². The average molecular weight is 132 g/mol. The fourth-order valence-electron chi connectivity index (χ4n) is 0.196. The number of nitrogens with two attached hydrogens (primary N) is 1. The Hall–Kier alpha value is -1.39. The zero-order valence-corrected chi connectivity index (χ0v) is 4.45. The number of allylic oxidation sites excluding steroid dienone is 2. The van der Waals surface area contributed by atoms with Gasteiger partial charge in [0.15, 0.2) is 0 Å². The molecule has 4 nitrogen and oxygen atoms in total. The quantitative estimate of drug-likeness (QED) is 0.338. The number of halogens is 1. The summed E-state index contributed by atoms with van der Waals surface area (Å²) in [5.74, 6) is -0.580. The predicted molar refractivity (Wildman–Crippen MR) is 29.5 cm³/mol. The Balaban J connectivity index is 4.00. The number of nitrogens with zero attached hydrogens (tertiary/aromatic N) is 1. The van der Waals surface area contributed by atoms with Crippen molar-refractivity contribution in [1.29, 1.82) is 0 Å². The Labute approximate surface area is 50.6 Å². The first-order valence-electron chi connectivity index (χ1n) is 2.05. The van der Waals surface area contributed by atoms with E-state index < -0.39 is 10.7 Å². The van der Waals surface area contributed by atoms with Gasteiger partial charge in [-0.25, -0.2) is 4.39 Å². The molecule has 0 unspecified atom stereocenters. The molecule has 0 aliphatic heterocycles. The fraction of sp³-hybridized carbons (Fsp3) is 0. The summed E-state index contributed by atoms with van der Waals surface area (Å²) in [6.45, 7) is 0. The van der Waals surface area contributed by atoms with Gasteiger partial charge in [-0.1, -0.05) is 0 Å². The highest BCUT2D eigenvalue weighted by Crippen LogP contribution is 1.85. The van der Waals surface area contributed by atoms with Crippen LogP contribution in [0.4, 0.5) is 4.39 Å². The third-order valence-corrected chi connectivity index (χ3v) is 0.551. The van der Waals surface area contributed by atoms with Crippen LogP contribution in [-0.2, 0) is 0 Å². The lowest BCUT2D eigenvalue weighted by Gasteiger charge is -1.88. The van der Waals surface area contributed by atoms with Crippen LogP contribution in [0, 0.1) is 10.1 Å². The van der Waals surface area contributed by atoms with E-state index in [4.69, 9.17) is 5.73 Å². The van der Waals surface area contributed by atoms with Crippen LogP contribution in [0.25, 0.3) is 0 Å². The molecule has 0 radical (unpaired) electrons. The van der Waals surface area contributed by atoms with Crippen molar-refractivity contribution in [2.24, 2.45) is 5.73 Å². The van der Waals surface area contributed by atoms with Crippen LogP contribution in [0.3, 0.4) is 0 Å². The highest BCUT2D eigenvalue weighted by Gasteiger charge is 1.93. The smallest absolute Gasteiger partial charge is 0.314 e. The Morgan fingerprint density at radius 1 is 1.78 bits per heavy atom. The van der Waals surface area contributed by atoms with E-state index in [-0.39, 0.29) is 6.33 Å². The summed E-state index contributed by atoms with van der Waals surface area (Å²) in [6, 6.07) is 0. The van der Waals surface area contributed by atoms with E-state index in [0.717, 1.165) is 12.2 Å². The maximum absolute atomic E-state index is 11.1. The van der Waals surface area contributed by atoms with Crippen LogP contribution in [0.15, 0.2) is 24.3 Å². The first kappa shape index (κ1) is 7.61. The van der Waals surface area contributed by atoms with Crippen LogP contribution in [0.5, 0.6) is 0 Å². The molecule has 0 aliphatic rings. The summed E-state index contributed by atoms with van der Waals surface area (Å²) in [4.78, 5) is 8.86. The number of nitro groups is 1. The molecule has 0 atom stereocenters. The molecule has 0 aromatic carbocycles. The number of hydrogen-bond acceptors (Lipinski definition) is 3. The van der Waals surface area contributed by atoms with Gasteiger partial charge in [0.05, 0.1) is 6.33 Å². The van der Waals surface area contributed by atoms with Crippen molar-refractivity contribution in [3.8, 4) is 0 Å². The molecule has 0 saturated carbocycles. The van der Waals surface area contributed by atoms with Crippen molar-refractivity contribution >= 4 is 0 Å². The maximum Gasteiger partial charge on any atom is 0.314 e. The number of hydrogen-bond donors (Lipinski definition) is 1. The van der Waals surface area contributed by atoms with Gasteiger partial charge in [0.2, 0.25) is 0 Å². The Bertz CT molecular complexity index is 164. The summed E-state index contributed by atoms with van der Waals surface area (Å²) in [7, 11) is 0. The lowest BCUT2D eigenvalue weighted by Crippen LogP contribution is -2.07.